The predicted octanol–water partition coefficient (Wildman–Crippen LogP) is 6.01. The summed E-state index contributed by atoms with van der Waals surface area (Å²) < 4.78 is 12.4. The van der Waals surface area contributed by atoms with Gasteiger partial charge in [-0.25, -0.2) is 0 Å². The van der Waals surface area contributed by atoms with Crippen LogP contribution < -0.4 is 14.4 Å². The number of ether oxygens (including phenoxy) is 2. The maximum Gasteiger partial charge on any atom is 0.274 e. The molecule has 0 aliphatic carbocycles. The second-order valence-corrected chi connectivity index (χ2v) is 9.17. The molecular formula is C27H26N2O4. The van der Waals surface area contributed by atoms with Gasteiger partial charge in [-0.15, -0.1) is 0 Å². The minimum Gasteiger partial charge on any atom is -0.493 e. The van der Waals surface area contributed by atoms with Crippen LogP contribution in [0.2, 0.25) is 0 Å². The van der Waals surface area contributed by atoms with Gasteiger partial charge in [0, 0.05) is 23.9 Å². The number of nitro benzene ring substituents is 1. The zero-order valence-electron chi connectivity index (χ0n) is 19.2. The number of hydrogen-bond acceptors (Lipinski definition) is 5. The number of methoxy groups -OCH3 is 1. The van der Waals surface area contributed by atoms with Crippen molar-refractivity contribution in [3.8, 4) is 11.5 Å². The first-order chi connectivity index (χ1) is 15.8. The van der Waals surface area contributed by atoms with Crippen LogP contribution in [0.4, 0.5) is 11.4 Å². The molecule has 0 bridgehead atoms. The average molecular weight is 443 g/mol. The smallest absolute Gasteiger partial charge is 0.274 e. The van der Waals surface area contributed by atoms with Crippen molar-refractivity contribution < 1.29 is 14.4 Å². The molecule has 2 heterocycles. The van der Waals surface area contributed by atoms with Gasteiger partial charge < -0.3 is 14.4 Å². The third kappa shape index (κ3) is 3.09. The lowest BCUT2D eigenvalue weighted by atomic mass is 9.76. The molecule has 168 valence electrons. The number of benzene rings is 3. The molecule has 6 nitrogen and oxygen atoms in total. The van der Waals surface area contributed by atoms with Gasteiger partial charge >= 0.3 is 0 Å². The number of para-hydroxylation sites is 1. The molecule has 0 aromatic heterocycles. The molecule has 0 amide bonds. The molecule has 2 aliphatic heterocycles. The van der Waals surface area contributed by atoms with Crippen molar-refractivity contribution >= 4 is 17.5 Å². The highest BCUT2D eigenvalue weighted by Gasteiger charge is 2.59. The first-order valence-electron chi connectivity index (χ1n) is 10.9. The summed E-state index contributed by atoms with van der Waals surface area (Å²) in [5.41, 5.74) is 4.04. The number of nitrogens with zero attached hydrogens (tertiary/aromatic N) is 2. The van der Waals surface area contributed by atoms with Crippen molar-refractivity contribution in [3.63, 3.8) is 0 Å². The van der Waals surface area contributed by atoms with Crippen LogP contribution in [0.1, 0.15) is 36.1 Å². The van der Waals surface area contributed by atoms with Gasteiger partial charge in [-0.05, 0) is 50.1 Å². The van der Waals surface area contributed by atoms with Gasteiger partial charge in [0.15, 0.2) is 11.5 Å². The summed E-state index contributed by atoms with van der Waals surface area (Å²) in [6, 6.07) is 19.8. The molecule has 2 aliphatic rings. The molecule has 0 N–H and O–H groups in total. The molecular weight excluding hydrogens is 416 g/mol. The van der Waals surface area contributed by atoms with E-state index in [1.54, 1.807) is 0 Å². The molecule has 5 rings (SSSR count). The van der Waals surface area contributed by atoms with Crippen LogP contribution in [0.5, 0.6) is 11.5 Å². The monoisotopic (exact) mass is 442 g/mol. The van der Waals surface area contributed by atoms with Gasteiger partial charge in [0.05, 0.1) is 23.5 Å². The molecule has 1 spiro atoms. The Labute approximate surface area is 193 Å². The van der Waals surface area contributed by atoms with E-state index in [4.69, 9.17) is 9.47 Å². The van der Waals surface area contributed by atoms with E-state index >= 15 is 0 Å². The third-order valence-electron chi connectivity index (χ3n) is 6.87. The zero-order chi connectivity index (χ0) is 23.4. The van der Waals surface area contributed by atoms with Crippen molar-refractivity contribution in [3.05, 3.63) is 99.1 Å². The molecule has 0 radical (unpaired) electrons. The van der Waals surface area contributed by atoms with E-state index in [0.29, 0.717) is 23.6 Å². The topological polar surface area (TPSA) is 64.8 Å². The summed E-state index contributed by atoms with van der Waals surface area (Å²) in [5.74, 6) is 0.866. The Kier molecular flexibility index (Phi) is 4.71. The molecule has 3 aromatic carbocycles. The summed E-state index contributed by atoms with van der Waals surface area (Å²) in [4.78, 5) is 13.3. The Morgan fingerprint density at radius 2 is 1.82 bits per heavy atom. The number of non-ortho nitro benzene ring substituents is 1. The normalized spacial score (nSPS) is 19.7. The van der Waals surface area contributed by atoms with Gasteiger partial charge in [0.2, 0.25) is 5.72 Å². The minimum atomic E-state index is -0.835. The first-order valence-corrected chi connectivity index (χ1v) is 10.9. The lowest BCUT2D eigenvalue weighted by Crippen LogP contribution is -2.59. The Balaban J connectivity index is 1.68. The van der Waals surface area contributed by atoms with Crippen LogP contribution in [-0.4, -0.2) is 17.8 Å². The highest BCUT2D eigenvalue weighted by atomic mass is 16.6. The SMILES string of the molecule is COc1cc([N+](=O)[O-])cc2c1OC1(C=C2)N(Cc2ccc(C)cc2)c2ccccc2C1(C)C. The summed E-state index contributed by atoms with van der Waals surface area (Å²) >= 11 is 0. The molecule has 0 saturated heterocycles. The number of aryl methyl sites for hydroxylation is 1. The fraction of sp³-hybridized carbons (Fsp3) is 0.259. The second-order valence-electron chi connectivity index (χ2n) is 9.17. The quantitative estimate of drug-likeness (QED) is 0.366. The van der Waals surface area contributed by atoms with E-state index in [2.05, 4.69) is 62.1 Å². The standard InChI is InChI=1S/C27H26N2O4/c1-18-9-11-19(12-10-18)17-28-23-8-6-5-7-22(23)26(2,3)27(28)14-13-20-15-21(29(30)31)16-24(32-4)25(20)33-27/h5-16H,17H2,1-4H3. The predicted molar refractivity (Wildman–Crippen MR) is 129 cm³/mol. The Morgan fingerprint density at radius 3 is 2.52 bits per heavy atom. The number of anilines is 1. The van der Waals surface area contributed by atoms with Crippen LogP contribution in [0.25, 0.3) is 6.08 Å². The molecule has 3 aromatic rings. The number of fused-ring (bicyclic) bond motifs is 2. The highest BCUT2D eigenvalue weighted by Crippen LogP contribution is 2.56. The maximum absolute atomic E-state index is 11.4. The Bertz CT molecular complexity index is 1280. The van der Waals surface area contributed by atoms with Gasteiger partial charge in [-0.1, -0.05) is 48.0 Å². The maximum atomic E-state index is 11.4. The van der Waals surface area contributed by atoms with Gasteiger partial charge in [0.1, 0.15) is 0 Å². The van der Waals surface area contributed by atoms with Crippen LogP contribution in [0.15, 0.2) is 66.7 Å². The third-order valence-corrected chi connectivity index (χ3v) is 6.87. The molecule has 33 heavy (non-hydrogen) atoms. The van der Waals surface area contributed by atoms with E-state index in [1.807, 2.05) is 24.3 Å². The van der Waals surface area contributed by atoms with Gasteiger partial charge in [-0.2, -0.15) is 0 Å². The van der Waals surface area contributed by atoms with E-state index in [9.17, 15) is 10.1 Å². The average Bonchev–Trinajstić information content (AvgIpc) is 2.98. The van der Waals surface area contributed by atoms with Gasteiger partial charge in [-0.3, -0.25) is 10.1 Å². The van der Waals surface area contributed by atoms with Gasteiger partial charge in [0.25, 0.3) is 5.69 Å². The van der Waals surface area contributed by atoms with Crippen molar-refractivity contribution in [2.45, 2.75) is 38.5 Å². The van der Waals surface area contributed by atoms with Crippen LogP contribution in [-0.2, 0) is 12.0 Å². The number of nitro groups is 1. The molecule has 1 atom stereocenters. The fourth-order valence-electron chi connectivity index (χ4n) is 5.00. The summed E-state index contributed by atoms with van der Waals surface area (Å²) in [6.07, 6.45) is 3.96. The van der Waals surface area contributed by atoms with E-state index in [0.717, 1.165) is 5.69 Å². The second kappa shape index (κ2) is 7.37. The van der Waals surface area contributed by atoms with E-state index in [-0.39, 0.29) is 5.69 Å². The zero-order valence-corrected chi connectivity index (χ0v) is 19.2. The number of hydrogen-bond donors (Lipinski definition) is 0. The molecule has 1 unspecified atom stereocenters. The Morgan fingerprint density at radius 1 is 1.09 bits per heavy atom. The van der Waals surface area contributed by atoms with Crippen molar-refractivity contribution in [1.29, 1.82) is 0 Å². The van der Waals surface area contributed by atoms with Crippen molar-refractivity contribution in [2.24, 2.45) is 0 Å². The first kappa shape index (κ1) is 21.1. The lowest BCUT2D eigenvalue weighted by Gasteiger charge is -2.47. The largest absolute Gasteiger partial charge is 0.493 e. The van der Waals surface area contributed by atoms with Crippen LogP contribution in [0, 0.1) is 17.0 Å². The van der Waals surface area contributed by atoms with Crippen molar-refractivity contribution in [1.82, 2.24) is 0 Å². The lowest BCUT2D eigenvalue weighted by molar-refractivity contribution is -0.385. The Hall–Kier alpha value is -3.80. The van der Waals surface area contributed by atoms with Crippen molar-refractivity contribution in [2.75, 3.05) is 12.0 Å². The summed E-state index contributed by atoms with van der Waals surface area (Å²) in [5, 5.41) is 11.4. The fourth-order valence-corrected chi connectivity index (χ4v) is 5.00. The molecule has 6 heteroatoms. The summed E-state index contributed by atoms with van der Waals surface area (Å²) in [7, 11) is 1.51. The van der Waals surface area contributed by atoms with Crippen LogP contribution in [0.3, 0.4) is 0 Å². The molecule has 0 fully saturated rings. The summed E-state index contributed by atoms with van der Waals surface area (Å²) in [6.45, 7) is 7.08. The van der Waals surface area contributed by atoms with Crippen LogP contribution >= 0.6 is 0 Å². The minimum absolute atomic E-state index is 0.0275. The molecule has 0 saturated carbocycles. The highest BCUT2D eigenvalue weighted by molar-refractivity contribution is 5.75. The number of rotatable bonds is 4. The van der Waals surface area contributed by atoms with E-state index in [1.165, 1.54) is 35.9 Å². The van der Waals surface area contributed by atoms with E-state index < -0.39 is 16.1 Å².